The molecule has 0 atom stereocenters. The number of benzene rings is 3. The number of nitro groups is 1. The normalized spacial score (nSPS) is 10.9. The van der Waals surface area contributed by atoms with E-state index >= 15 is 0 Å². The third kappa shape index (κ3) is 5.11. The van der Waals surface area contributed by atoms with Crippen LogP contribution in [0.3, 0.4) is 0 Å². The van der Waals surface area contributed by atoms with Crippen LogP contribution in [-0.4, -0.2) is 28.7 Å². The highest BCUT2D eigenvalue weighted by Crippen LogP contribution is 2.26. The van der Waals surface area contributed by atoms with Crippen molar-refractivity contribution in [2.45, 2.75) is 13.8 Å². The smallest absolute Gasteiger partial charge is 0.271 e. The van der Waals surface area contributed by atoms with Crippen LogP contribution < -0.4 is 10.2 Å². The summed E-state index contributed by atoms with van der Waals surface area (Å²) in [6.07, 6.45) is 1.63. The maximum Gasteiger partial charge on any atom is 0.271 e. The number of non-ortho nitro benzene ring substituents is 1. The summed E-state index contributed by atoms with van der Waals surface area (Å²) < 4.78 is 7.21. The average molecular weight is 469 g/mol. The van der Waals surface area contributed by atoms with Crippen molar-refractivity contribution in [3.05, 3.63) is 111 Å². The molecular formula is C27H24N4O4. The second-order valence-electron chi connectivity index (χ2n) is 7.94. The highest BCUT2D eigenvalue weighted by atomic mass is 16.6. The number of aromatic nitrogens is 1. The summed E-state index contributed by atoms with van der Waals surface area (Å²) in [5.41, 5.74) is 8.85. The van der Waals surface area contributed by atoms with Crippen LogP contribution in [0.25, 0.3) is 16.8 Å². The first kappa shape index (κ1) is 23.4. The molecule has 0 saturated heterocycles. The number of carbonyl (C=O) groups excluding carboxylic acids is 1. The van der Waals surface area contributed by atoms with E-state index in [2.05, 4.69) is 15.1 Å². The molecule has 0 bridgehead atoms. The summed E-state index contributed by atoms with van der Waals surface area (Å²) >= 11 is 0. The number of nitrogens with one attached hydrogen (secondary N) is 1. The zero-order valence-corrected chi connectivity index (χ0v) is 19.6. The lowest BCUT2D eigenvalue weighted by Gasteiger charge is -2.11. The van der Waals surface area contributed by atoms with Crippen molar-refractivity contribution in [3.63, 3.8) is 0 Å². The van der Waals surface area contributed by atoms with Crippen molar-refractivity contribution in [3.8, 4) is 22.6 Å². The topological polar surface area (TPSA) is 98.8 Å². The van der Waals surface area contributed by atoms with E-state index in [1.807, 2.05) is 44.2 Å². The van der Waals surface area contributed by atoms with Crippen LogP contribution in [0.1, 0.15) is 27.3 Å². The van der Waals surface area contributed by atoms with Crippen LogP contribution in [0.2, 0.25) is 0 Å². The van der Waals surface area contributed by atoms with Gasteiger partial charge in [-0.1, -0.05) is 12.1 Å². The number of hydrazone groups is 1. The maximum atomic E-state index is 12.3. The SMILES string of the molecule is COc1ccc(C(=O)N/N=C\c2cc(C)n(-c3ccc(-c4ccc([N+](=O)[O-])cc4)cc3)c2C)cc1. The van der Waals surface area contributed by atoms with E-state index in [1.54, 1.807) is 49.7 Å². The van der Waals surface area contributed by atoms with Gasteiger partial charge in [0.05, 0.1) is 18.2 Å². The van der Waals surface area contributed by atoms with Crippen LogP contribution >= 0.6 is 0 Å². The second kappa shape index (κ2) is 10.0. The number of carbonyl (C=O) groups is 1. The lowest BCUT2D eigenvalue weighted by Crippen LogP contribution is -2.17. The van der Waals surface area contributed by atoms with Crippen molar-refractivity contribution < 1.29 is 14.5 Å². The van der Waals surface area contributed by atoms with Crippen LogP contribution in [0.4, 0.5) is 5.69 Å². The Morgan fingerprint density at radius 3 is 2.14 bits per heavy atom. The summed E-state index contributed by atoms with van der Waals surface area (Å²) in [5, 5.41) is 15.0. The zero-order valence-electron chi connectivity index (χ0n) is 19.6. The van der Waals surface area contributed by atoms with Crippen LogP contribution in [0.15, 0.2) is 84.0 Å². The second-order valence-corrected chi connectivity index (χ2v) is 7.94. The van der Waals surface area contributed by atoms with Crippen LogP contribution in [0.5, 0.6) is 5.75 Å². The van der Waals surface area contributed by atoms with E-state index in [1.165, 1.54) is 12.1 Å². The van der Waals surface area contributed by atoms with E-state index in [0.29, 0.717) is 11.3 Å². The molecule has 8 heteroatoms. The zero-order chi connectivity index (χ0) is 24.9. The number of rotatable bonds is 7. The van der Waals surface area contributed by atoms with Crippen molar-refractivity contribution in [1.29, 1.82) is 0 Å². The molecule has 4 aromatic rings. The molecule has 0 aliphatic carbocycles. The predicted molar refractivity (Wildman–Crippen MR) is 135 cm³/mol. The largest absolute Gasteiger partial charge is 0.497 e. The quantitative estimate of drug-likeness (QED) is 0.222. The van der Waals surface area contributed by atoms with Crippen molar-refractivity contribution in [1.82, 2.24) is 9.99 Å². The molecule has 0 spiro atoms. The molecule has 0 saturated carbocycles. The molecule has 0 radical (unpaired) electrons. The van der Waals surface area contributed by atoms with Gasteiger partial charge in [0, 0.05) is 40.3 Å². The summed E-state index contributed by atoms with van der Waals surface area (Å²) in [5.74, 6) is 0.373. The van der Waals surface area contributed by atoms with Gasteiger partial charge in [-0.2, -0.15) is 5.10 Å². The minimum Gasteiger partial charge on any atom is -0.497 e. The summed E-state index contributed by atoms with van der Waals surface area (Å²) in [6, 6.07) is 23.3. The Morgan fingerprint density at radius 1 is 0.971 bits per heavy atom. The molecule has 1 heterocycles. The molecule has 0 aliphatic heterocycles. The first-order chi connectivity index (χ1) is 16.9. The van der Waals surface area contributed by atoms with Crippen molar-refractivity contribution in [2.24, 2.45) is 5.10 Å². The standard InChI is InChI=1S/C27H24N4O4/c1-18-16-23(17-28-29-27(32)22-8-14-26(35-3)15-9-22)19(2)30(18)24-10-4-20(5-11-24)21-6-12-25(13-7-21)31(33)34/h4-17H,1-3H3,(H,29,32)/b28-17-. The predicted octanol–water partition coefficient (Wildman–Crippen LogP) is 5.44. The van der Waals surface area contributed by atoms with Gasteiger partial charge in [0.2, 0.25) is 0 Å². The molecule has 1 N–H and O–H groups in total. The van der Waals surface area contributed by atoms with E-state index in [4.69, 9.17) is 4.74 Å². The molecular weight excluding hydrogens is 444 g/mol. The number of amides is 1. The third-order valence-electron chi connectivity index (χ3n) is 5.73. The molecule has 8 nitrogen and oxygen atoms in total. The maximum absolute atomic E-state index is 12.3. The molecule has 1 aromatic heterocycles. The van der Waals surface area contributed by atoms with Gasteiger partial charge in [-0.05, 0) is 79.6 Å². The van der Waals surface area contributed by atoms with Gasteiger partial charge in [0.15, 0.2) is 0 Å². The van der Waals surface area contributed by atoms with Crippen molar-refractivity contribution >= 4 is 17.8 Å². The Balaban J connectivity index is 1.48. The molecule has 0 fully saturated rings. The Morgan fingerprint density at radius 2 is 1.57 bits per heavy atom. The molecule has 1 amide bonds. The lowest BCUT2D eigenvalue weighted by atomic mass is 10.0. The van der Waals surface area contributed by atoms with Crippen molar-refractivity contribution in [2.75, 3.05) is 7.11 Å². The first-order valence-corrected chi connectivity index (χ1v) is 10.9. The van der Waals surface area contributed by atoms with E-state index in [0.717, 1.165) is 33.8 Å². The number of hydrogen-bond donors (Lipinski definition) is 1. The highest BCUT2D eigenvalue weighted by Gasteiger charge is 2.11. The van der Waals surface area contributed by atoms with Crippen LogP contribution in [0, 0.1) is 24.0 Å². The monoisotopic (exact) mass is 468 g/mol. The molecule has 3 aromatic carbocycles. The molecule has 4 rings (SSSR count). The minimum atomic E-state index is -0.407. The number of hydrogen-bond acceptors (Lipinski definition) is 5. The Hall–Kier alpha value is -4.72. The summed E-state index contributed by atoms with van der Waals surface area (Å²) in [4.78, 5) is 22.8. The van der Waals surface area contributed by atoms with Gasteiger partial charge in [-0.25, -0.2) is 5.43 Å². The number of nitro benzene ring substituents is 1. The molecule has 176 valence electrons. The average Bonchev–Trinajstić information content (AvgIpc) is 3.16. The first-order valence-electron chi connectivity index (χ1n) is 10.9. The number of ether oxygens (including phenoxy) is 1. The van der Waals surface area contributed by atoms with E-state index in [-0.39, 0.29) is 11.6 Å². The molecule has 0 unspecified atom stereocenters. The third-order valence-corrected chi connectivity index (χ3v) is 5.73. The fourth-order valence-electron chi connectivity index (χ4n) is 3.86. The molecule has 35 heavy (non-hydrogen) atoms. The van der Waals surface area contributed by atoms with E-state index < -0.39 is 4.92 Å². The summed E-state index contributed by atoms with van der Waals surface area (Å²) in [6.45, 7) is 3.99. The van der Waals surface area contributed by atoms with Gasteiger partial charge in [-0.3, -0.25) is 14.9 Å². The van der Waals surface area contributed by atoms with E-state index in [9.17, 15) is 14.9 Å². The van der Waals surface area contributed by atoms with Crippen LogP contribution in [-0.2, 0) is 0 Å². The lowest BCUT2D eigenvalue weighted by molar-refractivity contribution is -0.384. The molecule has 0 aliphatic rings. The number of methoxy groups -OCH3 is 1. The summed E-state index contributed by atoms with van der Waals surface area (Å²) in [7, 11) is 1.57. The van der Waals surface area contributed by atoms with Gasteiger partial charge in [-0.15, -0.1) is 0 Å². The van der Waals surface area contributed by atoms with Gasteiger partial charge >= 0.3 is 0 Å². The Labute approximate surface area is 202 Å². The van der Waals surface area contributed by atoms with Gasteiger partial charge in [0.25, 0.3) is 11.6 Å². The van der Waals surface area contributed by atoms with Gasteiger partial charge < -0.3 is 9.30 Å². The fourth-order valence-corrected chi connectivity index (χ4v) is 3.86. The number of nitrogens with zero attached hydrogens (tertiary/aromatic N) is 3. The Bertz CT molecular complexity index is 1390. The van der Waals surface area contributed by atoms with Gasteiger partial charge in [0.1, 0.15) is 5.75 Å². The highest BCUT2D eigenvalue weighted by molar-refractivity contribution is 5.95. The minimum absolute atomic E-state index is 0.0679. The Kier molecular flexibility index (Phi) is 6.73. The number of aryl methyl sites for hydroxylation is 1. The fraction of sp³-hybridized carbons (Fsp3) is 0.111.